The van der Waals surface area contributed by atoms with E-state index in [4.69, 9.17) is 4.42 Å². The van der Waals surface area contributed by atoms with Crippen molar-refractivity contribution < 1.29 is 18.8 Å². The summed E-state index contributed by atoms with van der Waals surface area (Å²) in [5, 5.41) is 5.81. The zero-order valence-electron chi connectivity index (χ0n) is 16.8. The molecular formula is C22H27N3O4. The third-order valence-electron chi connectivity index (χ3n) is 5.23. The van der Waals surface area contributed by atoms with E-state index >= 15 is 0 Å². The third-order valence-corrected chi connectivity index (χ3v) is 5.23. The van der Waals surface area contributed by atoms with E-state index < -0.39 is 0 Å². The molecule has 1 aromatic heterocycles. The average Bonchev–Trinajstić information content (AvgIpc) is 3.28. The fraction of sp³-hybridized carbons (Fsp3) is 0.409. The number of benzene rings is 1. The van der Waals surface area contributed by atoms with Crippen LogP contribution in [-0.2, 0) is 4.79 Å². The summed E-state index contributed by atoms with van der Waals surface area (Å²) >= 11 is 0. The Hall–Kier alpha value is -3.09. The molecule has 2 N–H and O–H groups in total. The molecule has 0 saturated carbocycles. The van der Waals surface area contributed by atoms with Gasteiger partial charge in [0.15, 0.2) is 5.76 Å². The predicted octanol–water partition coefficient (Wildman–Crippen LogP) is 3.30. The minimum absolute atomic E-state index is 0.0470. The van der Waals surface area contributed by atoms with Crippen LogP contribution in [-0.4, -0.2) is 41.8 Å². The smallest absolute Gasteiger partial charge is 0.289 e. The Labute approximate surface area is 170 Å². The topological polar surface area (TPSA) is 91.7 Å². The van der Waals surface area contributed by atoms with Crippen molar-refractivity contribution in [3.8, 4) is 0 Å². The molecule has 0 bridgehead atoms. The van der Waals surface area contributed by atoms with Crippen LogP contribution < -0.4 is 10.6 Å². The van der Waals surface area contributed by atoms with Gasteiger partial charge in [0.2, 0.25) is 5.91 Å². The number of nitrogens with one attached hydrogen (secondary N) is 2. The Morgan fingerprint density at radius 3 is 2.72 bits per heavy atom. The van der Waals surface area contributed by atoms with Gasteiger partial charge >= 0.3 is 0 Å². The summed E-state index contributed by atoms with van der Waals surface area (Å²) in [6, 6.07) is 10.3. The molecule has 2 aromatic rings. The van der Waals surface area contributed by atoms with Crippen LogP contribution in [0, 0.1) is 5.92 Å². The number of para-hydroxylation sites is 1. The first kappa shape index (κ1) is 20.6. The number of piperidine rings is 1. The minimum atomic E-state index is -0.339. The molecule has 2 unspecified atom stereocenters. The van der Waals surface area contributed by atoms with E-state index in [0.29, 0.717) is 30.8 Å². The summed E-state index contributed by atoms with van der Waals surface area (Å²) in [4.78, 5) is 39.6. The number of likely N-dealkylation sites (tertiary alicyclic amines) is 1. The first-order chi connectivity index (χ1) is 14.0. The Morgan fingerprint density at radius 1 is 1.21 bits per heavy atom. The molecule has 0 radical (unpaired) electrons. The number of amides is 3. The Morgan fingerprint density at radius 2 is 2.00 bits per heavy atom. The lowest BCUT2D eigenvalue weighted by Gasteiger charge is -2.31. The Balaban J connectivity index is 1.67. The van der Waals surface area contributed by atoms with Crippen molar-refractivity contribution >= 4 is 23.4 Å². The van der Waals surface area contributed by atoms with Crippen molar-refractivity contribution in [1.29, 1.82) is 0 Å². The van der Waals surface area contributed by atoms with Crippen LogP contribution in [0.25, 0.3) is 0 Å². The first-order valence-electron chi connectivity index (χ1n) is 10.0. The molecular weight excluding hydrogens is 370 g/mol. The van der Waals surface area contributed by atoms with Gasteiger partial charge in [0.1, 0.15) is 0 Å². The van der Waals surface area contributed by atoms with Crippen molar-refractivity contribution in [2.75, 3.05) is 18.4 Å². The summed E-state index contributed by atoms with van der Waals surface area (Å²) in [5.74, 6) is -0.674. The molecule has 7 nitrogen and oxygen atoms in total. The van der Waals surface area contributed by atoms with E-state index in [1.807, 2.05) is 13.8 Å². The average molecular weight is 397 g/mol. The van der Waals surface area contributed by atoms with Gasteiger partial charge in [0.05, 0.1) is 23.4 Å². The maximum absolute atomic E-state index is 12.9. The summed E-state index contributed by atoms with van der Waals surface area (Å²) < 4.78 is 5.19. The van der Waals surface area contributed by atoms with Crippen LogP contribution in [0.3, 0.4) is 0 Å². The van der Waals surface area contributed by atoms with Gasteiger partial charge in [-0.05, 0) is 50.5 Å². The molecule has 2 atom stereocenters. The molecule has 2 heterocycles. The van der Waals surface area contributed by atoms with Gasteiger partial charge in [0.25, 0.3) is 11.8 Å². The van der Waals surface area contributed by atoms with Crippen LogP contribution in [0.1, 0.15) is 54.0 Å². The molecule has 29 heavy (non-hydrogen) atoms. The lowest BCUT2D eigenvalue weighted by molar-refractivity contribution is -0.121. The SMILES string of the molecule is CCC(C)NC(=O)c1ccccc1NC(=O)C1CCCN(C(=O)c2ccco2)C1. The normalized spacial score (nSPS) is 17.4. The van der Waals surface area contributed by atoms with E-state index in [1.165, 1.54) is 6.26 Å². The number of hydrogen-bond donors (Lipinski definition) is 2. The third kappa shape index (κ3) is 5.04. The van der Waals surface area contributed by atoms with Gasteiger partial charge in [-0.2, -0.15) is 0 Å². The second kappa shape index (κ2) is 9.41. The van der Waals surface area contributed by atoms with Gasteiger partial charge in [-0.3, -0.25) is 14.4 Å². The molecule has 1 fully saturated rings. The molecule has 7 heteroatoms. The van der Waals surface area contributed by atoms with Crippen molar-refractivity contribution in [3.05, 3.63) is 54.0 Å². The second-order valence-corrected chi connectivity index (χ2v) is 7.39. The van der Waals surface area contributed by atoms with E-state index in [0.717, 1.165) is 12.8 Å². The fourth-order valence-corrected chi connectivity index (χ4v) is 3.36. The zero-order chi connectivity index (χ0) is 20.8. The van der Waals surface area contributed by atoms with Crippen LogP contribution in [0.4, 0.5) is 5.69 Å². The molecule has 1 aliphatic heterocycles. The highest BCUT2D eigenvalue weighted by molar-refractivity contribution is 6.04. The number of carbonyl (C=O) groups excluding carboxylic acids is 3. The highest BCUT2D eigenvalue weighted by Gasteiger charge is 2.30. The van der Waals surface area contributed by atoms with Gasteiger partial charge in [-0.1, -0.05) is 19.1 Å². The van der Waals surface area contributed by atoms with Gasteiger partial charge in [-0.25, -0.2) is 0 Å². The van der Waals surface area contributed by atoms with Crippen molar-refractivity contribution in [2.24, 2.45) is 5.92 Å². The number of rotatable bonds is 6. The van der Waals surface area contributed by atoms with Gasteiger partial charge in [0, 0.05) is 19.1 Å². The largest absolute Gasteiger partial charge is 0.459 e. The van der Waals surface area contributed by atoms with Crippen molar-refractivity contribution in [2.45, 2.75) is 39.2 Å². The Kier molecular flexibility index (Phi) is 6.69. The van der Waals surface area contributed by atoms with Crippen LogP contribution in [0.2, 0.25) is 0 Å². The summed E-state index contributed by atoms with van der Waals surface area (Å²) in [5.41, 5.74) is 0.910. The quantitative estimate of drug-likeness (QED) is 0.782. The number of nitrogens with zero attached hydrogens (tertiary/aromatic N) is 1. The fourth-order valence-electron chi connectivity index (χ4n) is 3.36. The second-order valence-electron chi connectivity index (χ2n) is 7.39. The standard InChI is InChI=1S/C22H27N3O4/c1-3-15(2)23-21(27)17-9-4-5-10-18(17)24-20(26)16-8-6-12-25(14-16)22(28)19-11-7-13-29-19/h4-5,7,9-11,13,15-16H,3,6,8,12,14H2,1-2H3,(H,23,27)(H,24,26). The first-order valence-corrected chi connectivity index (χ1v) is 10.0. The molecule has 1 aromatic carbocycles. The van der Waals surface area contributed by atoms with E-state index in [2.05, 4.69) is 10.6 Å². The maximum Gasteiger partial charge on any atom is 0.289 e. The van der Waals surface area contributed by atoms with Crippen LogP contribution >= 0.6 is 0 Å². The highest BCUT2D eigenvalue weighted by Crippen LogP contribution is 2.22. The maximum atomic E-state index is 12.9. The minimum Gasteiger partial charge on any atom is -0.459 e. The lowest BCUT2D eigenvalue weighted by atomic mass is 9.96. The number of carbonyl (C=O) groups is 3. The highest BCUT2D eigenvalue weighted by atomic mass is 16.3. The van der Waals surface area contributed by atoms with Gasteiger partial charge < -0.3 is 20.0 Å². The molecule has 0 aliphatic carbocycles. The van der Waals surface area contributed by atoms with Gasteiger partial charge in [-0.15, -0.1) is 0 Å². The summed E-state index contributed by atoms with van der Waals surface area (Å²) in [6.45, 7) is 4.85. The number of furan rings is 1. The van der Waals surface area contributed by atoms with Crippen LogP contribution in [0.5, 0.6) is 0 Å². The van der Waals surface area contributed by atoms with E-state index in [1.54, 1.807) is 41.3 Å². The van der Waals surface area contributed by atoms with Crippen molar-refractivity contribution in [3.63, 3.8) is 0 Å². The predicted molar refractivity (Wildman–Crippen MR) is 110 cm³/mol. The Bertz CT molecular complexity index is 863. The van der Waals surface area contributed by atoms with Crippen molar-refractivity contribution in [1.82, 2.24) is 10.2 Å². The van der Waals surface area contributed by atoms with E-state index in [-0.39, 0.29) is 35.4 Å². The number of hydrogen-bond acceptors (Lipinski definition) is 4. The molecule has 1 aliphatic rings. The molecule has 0 spiro atoms. The molecule has 3 amide bonds. The molecule has 3 rings (SSSR count). The summed E-state index contributed by atoms with van der Waals surface area (Å²) in [7, 11) is 0. The lowest BCUT2D eigenvalue weighted by Crippen LogP contribution is -2.43. The zero-order valence-corrected chi connectivity index (χ0v) is 16.8. The summed E-state index contributed by atoms with van der Waals surface area (Å²) in [6.07, 6.45) is 3.71. The molecule has 154 valence electrons. The van der Waals surface area contributed by atoms with Crippen LogP contribution in [0.15, 0.2) is 47.1 Å². The molecule has 1 saturated heterocycles. The number of anilines is 1. The monoisotopic (exact) mass is 397 g/mol. The van der Waals surface area contributed by atoms with E-state index in [9.17, 15) is 14.4 Å².